The van der Waals surface area contributed by atoms with E-state index in [0.717, 1.165) is 29.8 Å². The predicted molar refractivity (Wildman–Crippen MR) is 82.4 cm³/mol. The minimum absolute atomic E-state index is 0.144. The molecule has 0 aliphatic heterocycles. The van der Waals surface area contributed by atoms with Gasteiger partial charge in [-0.25, -0.2) is 0 Å². The van der Waals surface area contributed by atoms with Crippen LogP contribution in [0.25, 0.3) is 0 Å². The second-order valence-corrected chi connectivity index (χ2v) is 5.03. The van der Waals surface area contributed by atoms with Crippen molar-refractivity contribution in [3.05, 3.63) is 70.8 Å². The largest absolute Gasteiger partial charge is 0.416 e. The summed E-state index contributed by atoms with van der Waals surface area (Å²) >= 11 is 0. The summed E-state index contributed by atoms with van der Waals surface area (Å²) in [5.41, 5.74) is 0.604. The number of benzene rings is 2. The van der Waals surface area contributed by atoms with Crippen LogP contribution in [0.15, 0.2) is 48.5 Å². The summed E-state index contributed by atoms with van der Waals surface area (Å²) in [6.45, 7) is 0.202. The van der Waals surface area contributed by atoms with Gasteiger partial charge in [-0.05, 0) is 42.0 Å². The monoisotopic (exact) mass is 336 g/mol. The lowest BCUT2D eigenvalue weighted by Gasteiger charge is -2.09. The zero-order valence-electron chi connectivity index (χ0n) is 12.8. The van der Waals surface area contributed by atoms with E-state index in [2.05, 4.69) is 10.6 Å². The molecule has 4 nitrogen and oxygen atoms in total. The number of hydrogen-bond donors (Lipinski definition) is 2. The Labute approximate surface area is 136 Å². The number of hydrogen-bond acceptors (Lipinski definition) is 2. The zero-order valence-corrected chi connectivity index (χ0v) is 12.8. The van der Waals surface area contributed by atoms with Gasteiger partial charge in [0.25, 0.3) is 11.8 Å². The van der Waals surface area contributed by atoms with Crippen LogP contribution in [0.2, 0.25) is 0 Å². The smallest absolute Gasteiger partial charge is 0.355 e. The molecule has 0 saturated carbocycles. The number of carbonyl (C=O) groups excluding carboxylic acids is 2. The number of carbonyl (C=O) groups is 2. The van der Waals surface area contributed by atoms with Crippen molar-refractivity contribution < 1.29 is 22.8 Å². The van der Waals surface area contributed by atoms with Crippen LogP contribution in [0.4, 0.5) is 13.2 Å². The second kappa shape index (κ2) is 7.16. The zero-order chi connectivity index (χ0) is 17.7. The third-order valence-corrected chi connectivity index (χ3v) is 3.37. The Morgan fingerprint density at radius 2 is 1.38 bits per heavy atom. The Kier molecular flexibility index (Phi) is 5.23. The van der Waals surface area contributed by atoms with Gasteiger partial charge in [0.1, 0.15) is 0 Å². The fourth-order valence-corrected chi connectivity index (χ4v) is 2.01. The molecule has 0 spiro atoms. The van der Waals surface area contributed by atoms with Crippen molar-refractivity contribution in [2.75, 3.05) is 7.05 Å². The maximum absolute atomic E-state index is 12.5. The Morgan fingerprint density at radius 1 is 0.875 bits per heavy atom. The highest BCUT2D eigenvalue weighted by Gasteiger charge is 2.30. The summed E-state index contributed by atoms with van der Waals surface area (Å²) in [7, 11) is 1.53. The van der Waals surface area contributed by atoms with Crippen molar-refractivity contribution in [2.45, 2.75) is 12.7 Å². The molecule has 0 heterocycles. The van der Waals surface area contributed by atoms with Crippen LogP contribution in [-0.2, 0) is 12.7 Å². The van der Waals surface area contributed by atoms with E-state index in [1.165, 1.54) is 7.05 Å². The molecule has 0 unspecified atom stereocenters. The number of amides is 2. The molecule has 2 N–H and O–H groups in total. The normalized spacial score (nSPS) is 11.0. The predicted octanol–water partition coefficient (Wildman–Crippen LogP) is 3.00. The van der Waals surface area contributed by atoms with Crippen LogP contribution in [0.5, 0.6) is 0 Å². The summed E-state index contributed by atoms with van der Waals surface area (Å²) in [5, 5.41) is 5.11. The number of rotatable bonds is 4. The highest BCUT2D eigenvalue weighted by molar-refractivity contribution is 5.94. The van der Waals surface area contributed by atoms with Crippen LogP contribution >= 0.6 is 0 Å². The van der Waals surface area contributed by atoms with Gasteiger partial charge >= 0.3 is 6.18 Å². The van der Waals surface area contributed by atoms with Gasteiger partial charge in [0.05, 0.1) is 5.56 Å². The molecule has 2 rings (SSSR count). The molecule has 24 heavy (non-hydrogen) atoms. The van der Waals surface area contributed by atoms with E-state index in [4.69, 9.17) is 0 Å². The second-order valence-electron chi connectivity index (χ2n) is 5.03. The SMILES string of the molecule is CNC(=O)c1ccc(CNC(=O)c2ccc(C(F)(F)F)cc2)cc1. The minimum atomic E-state index is -4.43. The van der Waals surface area contributed by atoms with Crippen LogP contribution in [0, 0.1) is 0 Å². The first kappa shape index (κ1) is 17.5. The molecule has 0 bridgehead atoms. The molecular formula is C17H15F3N2O2. The number of alkyl halides is 3. The van der Waals surface area contributed by atoms with Gasteiger partial charge in [0.2, 0.25) is 0 Å². The van der Waals surface area contributed by atoms with Crippen molar-refractivity contribution in [3.8, 4) is 0 Å². The molecule has 0 aliphatic rings. The molecule has 126 valence electrons. The standard InChI is InChI=1S/C17H15F3N2O2/c1-21-15(23)12-4-2-11(3-5-12)10-22-16(24)13-6-8-14(9-7-13)17(18,19)20/h2-9H,10H2,1H3,(H,21,23)(H,22,24). The topological polar surface area (TPSA) is 58.2 Å². The summed E-state index contributed by atoms with van der Waals surface area (Å²) in [6, 6.07) is 10.6. The third kappa shape index (κ3) is 4.34. The van der Waals surface area contributed by atoms with E-state index in [0.29, 0.717) is 5.56 Å². The molecule has 2 aromatic carbocycles. The molecular weight excluding hydrogens is 321 g/mol. The average Bonchev–Trinajstić information content (AvgIpc) is 2.58. The van der Waals surface area contributed by atoms with Gasteiger partial charge < -0.3 is 10.6 Å². The number of halogens is 3. The summed E-state index contributed by atoms with van der Waals surface area (Å²) < 4.78 is 37.4. The highest BCUT2D eigenvalue weighted by atomic mass is 19.4. The maximum atomic E-state index is 12.5. The first-order valence-corrected chi connectivity index (χ1v) is 7.08. The Hall–Kier alpha value is -2.83. The fraction of sp³-hybridized carbons (Fsp3) is 0.176. The Bertz CT molecular complexity index is 723. The molecule has 0 radical (unpaired) electrons. The van der Waals surface area contributed by atoms with Crippen LogP contribution in [0.3, 0.4) is 0 Å². The number of nitrogens with one attached hydrogen (secondary N) is 2. The lowest BCUT2D eigenvalue weighted by Crippen LogP contribution is -2.23. The lowest BCUT2D eigenvalue weighted by atomic mass is 10.1. The average molecular weight is 336 g/mol. The minimum Gasteiger partial charge on any atom is -0.355 e. The van der Waals surface area contributed by atoms with E-state index in [-0.39, 0.29) is 18.0 Å². The van der Waals surface area contributed by atoms with Crippen molar-refractivity contribution in [1.82, 2.24) is 10.6 Å². The van der Waals surface area contributed by atoms with Crippen LogP contribution < -0.4 is 10.6 Å². The van der Waals surface area contributed by atoms with Crippen molar-refractivity contribution in [1.29, 1.82) is 0 Å². The van der Waals surface area contributed by atoms with Crippen molar-refractivity contribution in [3.63, 3.8) is 0 Å². The first-order valence-electron chi connectivity index (χ1n) is 7.08. The van der Waals surface area contributed by atoms with Gasteiger partial charge in [-0.3, -0.25) is 9.59 Å². The molecule has 0 fully saturated rings. The third-order valence-electron chi connectivity index (χ3n) is 3.37. The molecule has 2 aromatic rings. The summed E-state index contributed by atoms with van der Waals surface area (Å²) in [5.74, 6) is -0.686. The Morgan fingerprint density at radius 3 is 1.88 bits per heavy atom. The maximum Gasteiger partial charge on any atom is 0.416 e. The van der Waals surface area contributed by atoms with Crippen molar-refractivity contribution >= 4 is 11.8 Å². The van der Waals surface area contributed by atoms with Gasteiger partial charge in [0.15, 0.2) is 0 Å². The fourth-order valence-electron chi connectivity index (χ4n) is 2.01. The van der Waals surface area contributed by atoms with Gasteiger partial charge in [-0.2, -0.15) is 13.2 Å². The Balaban J connectivity index is 1.96. The summed E-state index contributed by atoms with van der Waals surface area (Å²) in [4.78, 5) is 23.4. The molecule has 0 atom stereocenters. The van der Waals surface area contributed by atoms with E-state index in [9.17, 15) is 22.8 Å². The van der Waals surface area contributed by atoms with Crippen molar-refractivity contribution in [2.24, 2.45) is 0 Å². The van der Waals surface area contributed by atoms with Gasteiger partial charge in [-0.1, -0.05) is 12.1 Å². The quantitative estimate of drug-likeness (QED) is 0.902. The molecule has 0 aromatic heterocycles. The van der Waals surface area contributed by atoms with E-state index >= 15 is 0 Å². The summed E-state index contributed by atoms with van der Waals surface area (Å²) in [6.07, 6.45) is -4.43. The van der Waals surface area contributed by atoms with Gasteiger partial charge in [0, 0.05) is 24.7 Å². The molecule has 2 amide bonds. The molecule has 7 heteroatoms. The highest BCUT2D eigenvalue weighted by Crippen LogP contribution is 2.29. The molecule has 0 saturated heterocycles. The first-order chi connectivity index (χ1) is 11.3. The van der Waals surface area contributed by atoms with Crippen LogP contribution in [0.1, 0.15) is 31.8 Å². The van der Waals surface area contributed by atoms with E-state index in [1.807, 2.05) is 0 Å². The van der Waals surface area contributed by atoms with Gasteiger partial charge in [-0.15, -0.1) is 0 Å². The van der Waals surface area contributed by atoms with E-state index < -0.39 is 17.6 Å². The molecule has 0 aliphatic carbocycles. The van der Waals surface area contributed by atoms with E-state index in [1.54, 1.807) is 24.3 Å². The van der Waals surface area contributed by atoms with Crippen LogP contribution in [-0.4, -0.2) is 18.9 Å². The lowest BCUT2D eigenvalue weighted by molar-refractivity contribution is -0.137.